The molecule has 0 bridgehead atoms. The summed E-state index contributed by atoms with van der Waals surface area (Å²) in [5.41, 5.74) is 4.38. The first kappa shape index (κ1) is 17.5. The number of anilines is 3. The van der Waals surface area contributed by atoms with Crippen LogP contribution in [0.3, 0.4) is 0 Å². The topological polar surface area (TPSA) is 64.7 Å². The number of likely N-dealkylation sites (N-methyl/N-ethyl adjacent to an activating group) is 1. The van der Waals surface area contributed by atoms with Crippen LogP contribution in [-0.4, -0.2) is 49.9 Å². The van der Waals surface area contributed by atoms with Crippen molar-refractivity contribution in [2.24, 2.45) is 0 Å². The molecule has 6 heteroatoms. The highest BCUT2D eigenvalue weighted by atomic mass is 16.2. The Morgan fingerprint density at radius 1 is 1.00 bits per heavy atom. The molecular formula is C21H24N4O2. The summed E-state index contributed by atoms with van der Waals surface area (Å²) >= 11 is 0. The quantitative estimate of drug-likeness (QED) is 0.879. The Hall–Kier alpha value is -2.86. The lowest BCUT2D eigenvalue weighted by atomic mass is 10.00. The van der Waals surface area contributed by atoms with Crippen molar-refractivity contribution in [2.75, 3.05) is 48.8 Å². The molecule has 0 radical (unpaired) electrons. The predicted molar refractivity (Wildman–Crippen MR) is 107 cm³/mol. The van der Waals surface area contributed by atoms with Gasteiger partial charge in [-0.05, 0) is 61.5 Å². The van der Waals surface area contributed by atoms with Gasteiger partial charge in [-0.15, -0.1) is 0 Å². The summed E-state index contributed by atoms with van der Waals surface area (Å²) in [6.45, 7) is 4.18. The lowest BCUT2D eigenvalue weighted by molar-refractivity contribution is -0.116. The van der Waals surface area contributed by atoms with E-state index in [1.165, 1.54) is 5.69 Å². The molecular weight excluding hydrogens is 340 g/mol. The van der Waals surface area contributed by atoms with Gasteiger partial charge in [0.2, 0.25) is 5.91 Å². The number of hydrogen-bond donors (Lipinski definition) is 2. The van der Waals surface area contributed by atoms with Crippen molar-refractivity contribution in [3.8, 4) is 0 Å². The summed E-state index contributed by atoms with van der Waals surface area (Å²) in [6, 6.07) is 13.4. The first-order valence-corrected chi connectivity index (χ1v) is 9.36. The molecule has 6 nitrogen and oxygen atoms in total. The predicted octanol–water partition coefficient (Wildman–Crippen LogP) is 2.58. The fraction of sp³-hybridized carbons (Fsp3) is 0.333. The zero-order chi connectivity index (χ0) is 18.8. The first-order valence-electron chi connectivity index (χ1n) is 9.36. The van der Waals surface area contributed by atoms with Crippen molar-refractivity contribution < 1.29 is 9.59 Å². The van der Waals surface area contributed by atoms with Crippen LogP contribution in [0.15, 0.2) is 42.5 Å². The summed E-state index contributed by atoms with van der Waals surface area (Å²) < 4.78 is 0. The molecule has 0 atom stereocenters. The van der Waals surface area contributed by atoms with Gasteiger partial charge in [-0.25, -0.2) is 0 Å². The minimum atomic E-state index is -0.137. The Balaban J connectivity index is 1.41. The minimum absolute atomic E-state index is 0.0279. The number of fused-ring (bicyclic) bond motifs is 1. The summed E-state index contributed by atoms with van der Waals surface area (Å²) in [5, 5.41) is 5.80. The molecule has 2 N–H and O–H groups in total. The van der Waals surface area contributed by atoms with Crippen molar-refractivity contribution in [1.82, 2.24) is 4.90 Å². The number of piperazine rings is 1. The monoisotopic (exact) mass is 364 g/mol. The molecule has 0 unspecified atom stereocenters. The maximum Gasteiger partial charge on any atom is 0.255 e. The summed E-state index contributed by atoms with van der Waals surface area (Å²) in [7, 11) is 2.14. The minimum Gasteiger partial charge on any atom is -0.369 e. The summed E-state index contributed by atoms with van der Waals surface area (Å²) in [5.74, 6) is -0.109. The van der Waals surface area contributed by atoms with E-state index in [2.05, 4.69) is 39.6 Å². The van der Waals surface area contributed by atoms with E-state index in [9.17, 15) is 9.59 Å². The fourth-order valence-electron chi connectivity index (χ4n) is 3.55. The number of aryl methyl sites for hydroxylation is 1. The smallest absolute Gasteiger partial charge is 0.255 e. The van der Waals surface area contributed by atoms with Crippen LogP contribution in [0.2, 0.25) is 0 Å². The van der Waals surface area contributed by atoms with Gasteiger partial charge in [-0.3, -0.25) is 9.59 Å². The van der Waals surface area contributed by atoms with E-state index < -0.39 is 0 Å². The van der Waals surface area contributed by atoms with E-state index in [1.54, 1.807) is 12.1 Å². The summed E-state index contributed by atoms with van der Waals surface area (Å²) in [4.78, 5) is 28.7. The normalized spacial score (nSPS) is 17.2. The molecule has 1 fully saturated rings. The van der Waals surface area contributed by atoms with Gasteiger partial charge in [0.25, 0.3) is 5.91 Å². The van der Waals surface area contributed by atoms with Crippen molar-refractivity contribution in [3.05, 3.63) is 53.6 Å². The summed E-state index contributed by atoms with van der Waals surface area (Å²) in [6.07, 6.45) is 1.13. The maximum absolute atomic E-state index is 12.6. The van der Waals surface area contributed by atoms with Gasteiger partial charge in [-0.2, -0.15) is 0 Å². The number of nitrogens with one attached hydrogen (secondary N) is 2. The largest absolute Gasteiger partial charge is 0.369 e. The van der Waals surface area contributed by atoms with Crippen LogP contribution in [0.1, 0.15) is 22.3 Å². The third kappa shape index (κ3) is 3.95. The van der Waals surface area contributed by atoms with Crippen molar-refractivity contribution in [1.29, 1.82) is 0 Å². The van der Waals surface area contributed by atoms with E-state index in [4.69, 9.17) is 0 Å². The van der Waals surface area contributed by atoms with Gasteiger partial charge in [0.15, 0.2) is 0 Å². The Kier molecular flexibility index (Phi) is 4.81. The third-order valence-corrected chi connectivity index (χ3v) is 5.26. The fourth-order valence-corrected chi connectivity index (χ4v) is 3.55. The Morgan fingerprint density at radius 2 is 1.74 bits per heavy atom. The van der Waals surface area contributed by atoms with Gasteiger partial charge in [-0.1, -0.05) is 0 Å². The lowest BCUT2D eigenvalue weighted by Crippen LogP contribution is -2.44. The molecule has 4 rings (SSSR count). The zero-order valence-corrected chi connectivity index (χ0v) is 15.5. The number of hydrogen-bond acceptors (Lipinski definition) is 4. The first-order chi connectivity index (χ1) is 13.1. The Morgan fingerprint density at radius 3 is 2.48 bits per heavy atom. The number of carbonyl (C=O) groups is 2. The second-order valence-electron chi connectivity index (χ2n) is 7.21. The average molecular weight is 364 g/mol. The van der Waals surface area contributed by atoms with Crippen LogP contribution < -0.4 is 15.5 Å². The molecule has 2 amide bonds. The molecule has 0 aromatic heterocycles. The molecule has 140 valence electrons. The highest BCUT2D eigenvalue weighted by Gasteiger charge is 2.17. The van der Waals surface area contributed by atoms with Crippen molar-refractivity contribution in [2.45, 2.75) is 12.8 Å². The van der Waals surface area contributed by atoms with Gasteiger partial charge in [0, 0.05) is 55.2 Å². The molecule has 0 saturated carbocycles. The highest BCUT2D eigenvalue weighted by Crippen LogP contribution is 2.24. The number of carbonyl (C=O) groups excluding carboxylic acids is 2. The van der Waals surface area contributed by atoms with Crippen LogP contribution >= 0.6 is 0 Å². The number of nitrogens with zero attached hydrogens (tertiary/aromatic N) is 2. The number of rotatable bonds is 3. The van der Waals surface area contributed by atoms with Gasteiger partial charge in [0.05, 0.1) is 0 Å². The van der Waals surface area contributed by atoms with Crippen LogP contribution in [0.25, 0.3) is 0 Å². The molecule has 2 aliphatic heterocycles. The van der Waals surface area contributed by atoms with E-state index in [1.807, 2.05) is 18.2 Å². The average Bonchev–Trinajstić information content (AvgIpc) is 2.69. The van der Waals surface area contributed by atoms with Crippen LogP contribution in [0, 0.1) is 0 Å². The van der Waals surface area contributed by atoms with Gasteiger partial charge >= 0.3 is 0 Å². The van der Waals surface area contributed by atoms with E-state index in [-0.39, 0.29) is 11.8 Å². The molecule has 2 heterocycles. The molecule has 0 spiro atoms. The molecule has 2 aromatic carbocycles. The standard InChI is InChI=1S/C21H24N4O2/c1-24-10-12-25(13-11-24)18-6-4-17(5-7-18)22-21(27)16-2-8-19-15(14-16)3-9-20(26)23-19/h2,4-8,14H,3,9-13H2,1H3,(H,22,27)(H,23,26). The third-order valence-electron chi connectivity index (χ3n) is 5.26. The van der Waals surface area contributed by atoms with Crippen LogP contribution in [0.4, 0.5) is 17.1 Å². The van der Waals surface area contributed by atoms with E-state index in [0.29, 0.717) is 18.4 Å². The molecule has 27 heavy (non-hydrogen) atoms. The zero-order valence-electron chi connectivity index (χ0n) is 15.5. The lowest BCUT2D eigenvalue weighted by Gasteiger charge is -2.34. The number of benzene rings is 2. The van der Waals surface area contributed by atoms with E-state index >= 15 is 0 Å². The van der Waals surface area contributed by atoms with Gasteiger partial charge < -0.3 is 20.4 Å². The number of amides is 2. The SMILES string of the molecule is CN1CCN(c2ccc(NC(=O)c3ccc4c(c3)CCC(=O)N4)cc2)CC1. The van der Waals surface area contributed by atoms with Crippen LogP contribution in [-0.2, 0) is 11.2 Å². The van der Waals surface area contributed by atoms with Crippen molar-refractivity contribution in [3.63, 3.8) is 0 Å². The molecule has 0 aliphatic carbocycles. The van der Waals surface area contributed by atoms with Crippen LogP contribution in [0.5, 0.6) is 0 Å². The Labute approximate surface area is 159 Å². The molecule has 1 saturated heterocycles. The Bertz CT molecular complexity index is 855. The molecule has 2 aromatic rings. The second kappa shape index (κ2) is 7.40. The maximum atomic E-state index is 12.6. The van der Waals surface area contributed by atoms with Crippen molar-refractivity contribution >= 4 is 28.9 Å². The van der Waals surface area contributed by atoms with Gasteiger partial charge in [0.1, 0.15) is 0 Å². The highest BCUT2D eigenvalue weighted by molar-refractivity contribution is 6.05. The second-order valence-corrected chi connectivity index (χ2v) is 7.21. The van der Waals surface area contributed by atoms with E-state index in [0.717, 1.165) is 43.1 Å². The molecule has 2 aliphatic rings.